The van der Waals surface area contributed by atoms with Crippen molar-refractivity contribution in [1.82, 2.24) is 4.98 Å². The van der Waals surface area contributed by atoms with E-state index in [1.54, 1.807) is 25.1 Å². The molecule has 0 aliphatic heterocycles. The van der Waals surface area contributed by atoms with E-state index in [2.05, 4.69) is 4.98 Å². The van der Waals surface area contributed by atoms with Gasteiger partial charge in [0.05, 0.1) is 22.3 Å². The number of hydrogen-bond acceptors (Lipinski definition) is 5. The van der Waals surface area contributed by atoms with Crippen molar-refractivity contribution < 1.29 is 24.5 Å². The fraction of sp³-hybridized carbons (Fsp3) is 0.0741. The number of allylic oxidation sites excluding steroid dienone is 1. The third kappa shape index (κ3) is 5.07. The molecule has 0 spiro atoms. The summed E-state index contributed by atoms with van der Waals surface area (Å²) in [4.78, 5) is 28.4. The van der Waals surface area contributed by atoms with E-state index >= 15 is 0 Å². The zero-order chi connectivity index (χ0) is 23.4. The van der Waals surface area contributed by atoms with Gasteiger partial charge in [0.2, 0.25) is 0 Å². The Balaban J connectivity index is 1.47. The number of carbonyl (C=O) groups is 2. The Kier molecular flexibility index (Phi) is 6.17. The van der Waals surface area contributed by atoms with E-state index in [9.17, 15) is 19.8 Å². The van der Waals surface area contributed by atoms with Crippen LogP contribution in [0.15, 0.2) is 78.9 Å². The van der Waals surface area contributed by atoms with E-state index in [0.717, 1.165) is 22.2 Å². The third-order valence-electron chi connectivity index (χ3n) is 5.14. The summed E-state index contributed by atoms with van der Waals surface area (Å²) in [7, 11) is 0. The Morgan fingerprint density at radius 3 is 2.64 bits per heavy atom. The highest BCUT2D eigenvalue weighted by molar-refractivity contribution is 6.10. The molecule has 0 radical (unpaired) electrons. The number of carbonyl (C=O) groups excluding carboxylic acids is 1. The summed E-state index contributed by atoms with van der Waals surface area (Å²) in [5.74, 6) is -1.27. The molecule has 0 bridgehead atoms. The number of para-hydroxylation sites is 1. The summed E-state index contributed by atoms with van der Waals surface area (Å²) >= 11 is 0. The van der Waals surface area contributed by atoms with Crippen LogP contribution in [0.2, 0.25) is 0 Å². The molecule has 1 heterocycles. The fourth-order valence-electron chi connectivity index (χ4n) is 3.41. The number of aromatic carboxylic acids is 1. The van der Waals surface area contributed by atoms with Crippen molar-refractivity contribution >= 4 is 28.7 Å². The number of ether oxygens (including phenoxy) is 1. The monoisotopic (exact) mass is 439 g/mol. The number of carboxylic acid groups (broad SMARTS) is 1. The Hall–Kier alpha value is -4.45. The number of phenolic OH excluding ortho intramolecular Hbond substituents is 1. The zero-order valence-corrected chi connectivity index (χ0v) is 17.9. The molecule has 4 rings (SSSR count). The van der Waals surface area contributed by atoms with E-state index < -0.39 is 11.8 Å². The van der Waals surface area contributed by atoms with Gasteiger partial charge in [-0.15, -0.1) is 0 Å². The van der Waals surface area contributed by atoms with E-state index in [1.165, 1.54) is 18.2 Å². The fourth-order valence-corrected chi connectivity index (χ4v) is 3.41. The second-order valence-electron chi connectivity index (χ2n) is 7.55. The number of aromatic hydroxyl groups is 1. The van der Waals surface area contributed by atoms with Gasteiger partial charge in [-0.05, 0) is 60.5 Å². The van der Waals surface area contributed by atoms with Gasteiger partial charge in [-0.2, -0.15) is 0 Å². The number of pyridine rings is 1. The van der Waals surface area contributed by atoms with Gasteiger partial charge < -0.3 is 14.9 Å². The van der Waals surface area contributed by atoms with Crippen LogP contribution < -0.4 is 4.74 Å². The lowest BCUT2D eigenvalue weighted by Gasteiger charge is -2.08. The predicted molar refractivity (Wildman–Crippen MR) is 126 cm³/mol. The molecule has 4 aromatic rings. The number of carboxylic acids is 1. The van der Waals surface area contributed by atoms with Crippen LogP contribution in [0.3, 0.4) is 0 Å². The lowest BCUT2D eigenvalue weighted by molar-refractivity contribution is 0.0696. The number of rotatable bonds is 7. The van der Waals surface area contributed by atoms with Crippen molar-refractivity contribution in [2.24, 2.45) is 0 Å². The number of aromatic nitrogens is 1. The van der Waals surface area contributed by atoms with Crippen molar-refractivity contribution in [3.8, 4) is 11.5 Å². The van der Waals surface area contributed by atoms with Crippen LogP contribution in [-0.2, 0) is 6.61 Å². The molecule has 0 saturated heterocycles. The van der Waals surface area contributed by atoms with Crippen molar-refractivity contribution in [3.05, 3.63) is 107 Å². The Labute approximate surface area is 190 Å². The highest BCUT2D eigenvalue weighted by atomic mass is 16.5. The maximum absolute atomic E-state index is 12.6. The van der Waals surface area contributed by atoms with Crippen LogP contribution in [0.1, 0.15) is 37.5 Å². The predicted octanol–water partition coefficient (Wildman–Crippen LogP) is 5.42. The summed E-state index contributed by atoms with van der Waals surface area (Å²) < 4.78 is 5.86. The van der Waals surface area contributed by atoms with Gasteiger partial charge >= 0.3 is 5.97 Å². The van der Waals surface area contributed by atoms with E-state index in [0.29, 0.717) is 17.9 Å². The number of fused-ring (bicyclic) bond motifs is 1. The molecular weight excluding hydrogens is 418 g/mol. The molecule has 1 aromatic heterocycles. The molecule has 0 saturated carbocycles. The summed E-state index contributed by atoms with van der Waals surface area (Å²) in [6.07, 6.45) is 2.88. The largest absolute Gasteiger partial charge is 0.507 e. The van der Waals surface area contributed by atoms with Crippen LogP contribution >= 0.6 is 0 Å². The van der Waals surface area contributed by atoms with Gasteiger partial charge in [0, 0.05) is 5.39 Å². The van der Waals surface area contributed by atoms with E-state index in [4.69, 9.17) is 4.74 Å². The Morgan fingerprint density at radius 1 is 1.00 bits per heavy atom. The second kappa shape index (κ2) is 9.36. The number of aryl methyl sites for hydroxylation is 1. The maximum Gasteiger partial charge on any atom is 0.335 e. The smallest absolute Gasteiger partial charge is 0.335 e. The van der Waals surface area contributed by atoms with Gasteiger partial charge in [-0.3, -0.25) is 4.79 Å². The molecule has 0 aliphatic rings. The number of ketones is 1. The minimum Gasteiger partial charge on any atom is -0.507 e. The summed E-state index contributed by atoms with van der Waals surface area (Å²) in [5, 5.41) is 20.4. The third-order valence-corrected chi connectivity index (χ3v) is 5.14. The molecule has 0 aliphatic carbocycles. The Morgan fingerprint density at radius 2 is 1.82 bits per heavy atom. The van der Waals surface area contributed by atoms with Gasteiger partial charge in [0.15, 0.2) is 5.78 Å². The molecule has 0 atom stereocenters. The van der Waals surface area contributed by atoms with E-state index in [-0.39, 0.29) is 16.9 Å². The van der Waals surface area contributed by atoms with Crippen LogP contribution in [0.25, 0.3) is 17.0 Å². The van der Waals surface area contributed by atoms with Crippen molar-refractivity contribution in [2.45, 2.75) is 13.5 Å². The summed E-state index contributed by atoms with van der Waals surface area (Å²) in [6.45, 7) is 1.85. The van der Waals surface area contributed by atoms with E-state index in [1.807, 2.05) is 48.5 Å². The van der Waals surface area contributed by atoms with Gasteiger partial charge in [0.25, 0.3) is 0 Å². The van der Waals surface area contributed by atoms with Gasteiger partial charge in [0.1, 0.15) is 18.1 Å². The number of benzene rings is 3. The van der Waals surface area contributed by atoms with Crippen LogP contribution in [-0.4, -0.2) is 26.9 Å². The topological polar surface area (TPSA) is 96.7 Å². The minimum absolute atomic E-state index is 0.0558. The molecule has 2 N–H and O–H groups in total. The summed E-state index contributed by atoms with van der Waals surface area (Å²) in [6, 6.07) is 21.5. The first-order valence-corrected chi connectivity index (χ1v) is 10.3. The number of hydrogen-bond donors (Lipinski definition) is 2. The van der Waals surface area contributed by atoms with Crippen molar-refractivity contribution in [1.29, 1.82) is 0 Å². The Bertz CT molecular complexity index is 1390. The quantitative estimate of drug-likeness (QED) is 0.295. The normalized spacial score (nSPS) is 11.1. The molecule has 6 heteroatoms. The highest BCUT2D eigenvalue weighted by Crippen LogP contribution is 2.25. The molecule has 3 aromatic carbocycles. The molecular formula is C27H21NO5. The molecule has 0 unspecified atom stereocenters. The van der Waals surface area contributed by atoms with Crippen molar-refractivity contribution in [2.75, 3.05) is 0 Å². The van der Waals surface area contributed by atoms with Crippen molar-refractivity contribution in [3.63, 3.8) is 0 Å². The minimum atomic E-state index is -1.16. The van der Waals surface area contributed by atoms with Crippen LogP contribution in [0.4, 0.5) is 0 Å². The lowest BCUT2D eigenvalue weighted by Crippen LogP contribution is -2.03. The first-order chi connectivity index (χ1) is 15.9. The average molecular weight is 439 g/mol. The highest BCUT2D eigenvalue weighted by Gasteiger charge is 2.15. The average Bonchev–Trinajstić information content (AvgIpc) is 2.82. The molecule has 33 heavy (non-hydrogen) atoms. The lowest BCUT2D eigenvalue weighted by atomic mass is 10.0. The molecule has 0 amide bonds. The first-order valence-electron chi connectivity index (χ1n) is 10.3. The first kappa shape index (κ1) is 21.8. The van der Waals surface area contributed by atoms with Crippen LogP contribution in [0.5, 0.6) is 11.5 Å². The van der Waals surface area contributed by atoms with Crippen LogP contribution in [0, 0.1) is 6.92 Å². The second-order valence-corrected chi connectivity index (χ2v) is 7.55. The standard InChI is InChI=1S/C27H21NO5/c1-17-13-20(27(31)32)15-23(26(17)30)25(29)12-9-18-5-4-7-22(14-18)33-16-21-11-10-19-6-2-3-8-24(19)28-21/h2-15,30H,16H2,1H3,(H,31,32). The maximum atomic E-state index is 12.6. The number of phenols is 1. The zero-order valence-electron chi connectivity index (χ0n) is 17.9. The summed E-state index contributed by atoms with van der Waals surface area (Å²) in [5.41, 5.74) is 2.63. The number of nitrogens with zero attached hydrogens (tertiary/aromatic N) is 1. The van der Waals surface area contributed by atoms with Gasteiger partial charge in [-0.1, -0.05) is 42.5 Å². The molecule has 6 nitrogen and oxygen atoms in total. The van der Waals surface area contributed by atoms with Gasteiger partial charge in [-0.25, -0.2) is 9.78 Å². The molecule has 164 valence electrons. The SMILES string of the molecule is Cc1cc(C(=O)O)cc(C(=O)C=Cc2cccc(OCc3ccc4ccccc4n3)c2)c1O. The molecule has 0 fully saturated rings.